The number of methoxy groups -OCH3 is 1. The molecule has 2 aromatic heterocycles. The monoisotopic (exact) mass is 479 g/mol. The van der Waals surface area contributed by atoms with E-state index in [0.29, 0.717) is 22.6 Å². The Balaban J connectivity index is 1.58. The summed E-state index contributed by atoms with van der Waals surface area (Å²) in [6.07, 6.45) is 5.04. The Kier molecular flexibility index (Phi) is 6.31. The second-order valence-electron chi connectivity index (χ2n) is 8.51. The third-order valence-corrected chi connectivity index (χ3v) is 6.49. The Bertz CT molecular complexity index is 1580. The van der Waals surface area contributed by atoms with Crippen LogP contribution in [0.2, 0.25) is 0 Å². The first-order valence-corrected chi connectivity index (χ1v) is 11.6. The van der Waals surface area contributed by atoms with Crippen LogP contribution in [-0.4, -0.2) is 22.1 Å². The molecule has 3 aromatic carbocycles. The summed E-state index contributed by atoms with van der Waals surface area (Å²) < 4.78 is 20.2. The Morgan fingerprint density at radius 3 is 2.36 bits per heavy atom. The molecule has 3 N–H and O–H groups in total. The van der Waals surface area contributed by atoms with Gasteiger partial charge in [0, 0.05) is 36.4 Å². The van der Waals surface area contributed by atoms with Gasteiger partial charge in [0.15, 0.2) is 5.82 Å². The summed E-state index contributed by atoms with van der Waals surface area (Å²) >= 11 is 0. The molecule has 0 atom stereocenters. The predicted octanol–water partition coefficient (Wildman–Crippen LogP) is 6.33. The Labute approximate surface area is 209 Å². The number of rotatable bonds is 6. The van der Waals surface area contributed by atoms with Crippen molar-refractivity contribution in [2.45, 2.75) is 20.4 Å². The van der Waals surface area contributed by atoms with Crippen LogP contribution in [0.5, 0.6) is 5.75 Å². The van der Waals surface area contributed by atoms with E-state index in [9.17, 15) is 4.39 Å². The molecule has 0 bridgehead atoms. The second-order valence-corrected chi connectivity index (χ2v) is 8.51. The second kappa shape index (κ2) is 9.71. The van der Waals surface area contributed by atoms with E-state index in [-0.39, 0.29) is 12.4 Å². The fourth-order valence-electron chi connectivity index (χ4n) is 4.57. The van der Waals surface area contributed by atoms with Crippen LogP contribution in [0.25, 0.3) is 33.3 Å². The van der Waals surface area contributed by atoms with Crippen molar-refractivity contribution >= 4 is 22.5 Å². The van der Waals surface area contributed by atoms with Gasteiger partial charge >= 0.3 is 0 Å². The normalized spacial score (nSPS) is 11.0. The van der Waals surface area contributed by atoms with Crippen LogP contribution in [-0.2, 0) is 6.54 Å². The number of hydrogen-bond donors (Lipinski definition) is 2. The number of halogens is 1. The van der Waals surface area contributed by atoms with Gasteiger partial charge in [-0.05, 0) is 71.5 Å². The van der Waals surface area contributed by atoms with Gasteiger partial charge in [-0.25, -0.2) is 14.4 Å². The molecule has 0 aliphatic rings. The summed E-state index contributed by atoms with van der Waals surface area (Å²) in [6.45, 7) is 4.19. The number of ether oxygens (including phenoxy) is 1. The van der Waals surface area contributed by atoms with Crippen LogP contribution in [0.1, 0.15) is 16.7 Å². The van der Waals surface area contributed by atoms with Gasteiger partial charge in [-0.15, -0.1) is 0 Å². The van der Waals surface area contributed by atoms with Crippen molar-refractivity contribution in [3.63, 3.8) is 0 Å². The predicted molar refractivity (Wildman–Crippen MR) is 142 cm³/mol. The third kappa shape index (κ3) is 4.14. The number of fused-ring (bicyclic) bond motifs is 1. The highest BCUT2D eigenvalue weighted by atomic mass is 19.1. The minimum absolute atomic E-state index is 0.0738. The highest BCUT2D eigenvalue weighted by molar-refractivity contribution is 5.89. The first-order valence-electron chi connectivity index (χ1n) is 11.6. The van der Waals surface area contributed by atoms with Gasteiger partial charge < -0.3 is 15.8 Å². The van der Waals surface area contributed by atoms with Gasteiger partial charge in [-0.2, -0.15) is 0 Å². The van der Waals surface area contributed by atoms with Crippen molar-refractivity contribution in [2.75, 3.05) is 12.4 Å². The quantitative estimate of drug-likeness (QED) is 0.296. The molecule has 5 rings (SSSR count). The molecular formula is C29H26FN5O. The number of pyridine rings is 1. The van der Waals surface area contributed by atoms with Gasteiger partial charge in [0.1, 0.15) is 17.1 Å². The van der Waals surface area contributed by atoms with Crippen molar-refractivity contribution in [2.24, 2.45) is 5.73 Å². The van der Waals surface area contributed by atoms with E-state index in [1.807, 2.05) is 43.3 Å². The molecule has 180 valence electrons. The minimum Gasteiger partial charge on any atom is -0.496 e. The van der Waals surface area contributed by atoms with Crippen LogP contribution >= 0.6 is 0 Å². The number of nitrogens with one attached hydrogen (secondary N) is 1. The molecule has 0 saturated heterocycles. The Morgan fingerprint density at radius 1 is 0.861 bits per heavy atom. The standard InChI is InChI=1S/C29H26FN5O/c1-17-20(19-14-24(30)23(16-31)27(15-19)36-3)6-4-7-21(17)22-8-5-9-25(18(22)2)35-29-28-26(10-11-34-29)32-12-13-33-28/h4-15H,16,31H2,1-3H3,(H,34,35). The van der Waals surface area contributed by atoms with E-state index >= 15 is 0 Å². The van der Waals surface area contributed by atoms with E-state index in [1.54, 1.807) is 18.6 Å². The number of hydrogen-bond acceptors (Lipinski definition) is 6. The zero-order chi connectivity index (χ0) is 25.2. The Morgan fingerprint density at radius 2 is 1.58 bits per heavy atom. The molecule has 0 amide bonds. The fourth-order valence-corrected chi connectivity index (χ4v) is 4.57. The summed E-state index contributed by atoms with van der Waals surface area (Å²) in [6, 6.07) is 17.4. The lowest BCUT2D eigenvalue weighted by molar-refractivity contribution is 0.405. The van der Waals surface area contributed by atoms with Crippen molar-refractivity contribution in [1.29, 1.82) is 0 Å². The molecule has 0 spiro atoms. The lowest BCUT2D eigenvalue weighted by Crippen LogP contribution is -2.04. The van der Waals surface area contributed by atoms with Crippen molar-refractivity contribution in [3.8, 4) is 28.0 Å². The van der Waals surface area contributed by atoms with Gasteiger partial charge in [-0.3, -0.25) is 4.98 Å². The van der Waals surface area contributed by atoms with Crippen LogP contribution < -0.4 is 15.8 Å². The smallest absolute Gasteiger partial charge is 0.158 e. The van der Waals surface area contributed by atoms with Gasteiger partial charge in [0.05, 0.1) is 12.6 Å². The number of aromatic nitrogens is 3. The number of nitrogens with two attached hydrogens (primary N) is 1. The number of anilines is 2. The molecular weight excluding hydrogens is 453 g/mol. The number of nitrogens with zero attached hydrogens (tertiary/aromatic N) is 3. The van der Waals surface area contributed by atoms with Gasteiger partial charge in [0.25, 0.3) is 0 Å². The van der Waals surface area contributed by atoms with Crippen LogP contribution in [0, 0.1) is 19.7 Å². The first kappa shape index (κ1) is 23.4. The summed E-state index contributed by atoms with van der Waals surface area (Å²) in [7, 11) is 1.53. The van der Waals surface area contributed by atoms with E-state index in [1.165, 1.54) is 13.2 Å². The average molecular weight is 480 g/mol. The SMILES string of the molecule is COc1cc(-c2cccc(-c3cccc(Nc4nccc5nccnc45)c3C)c2C)cc(F)c1CN. The molecule has 0 unspecified atom stereocenters. The van der Waals surface area contributed by atoms with E-state index < -0.39 is 0 Å². The maximum atomic E-state index is 14.8. The molecule has 0 radical (unpaired) electrons. The molecule has 0 aliphatic heterocycles. The Hall–Kier alpha value is -4.36. The minimum atomic E-state index is -0.371. The van der Waals surface area contributed by atoms with Gasteiger partial charge in [0.2, 0.25) is 0 Å². The molecule has 0 fully saturated rings. The maximum Gasteiger partial charge on any atom is 0.158 e. The maximum absolute atomic E-state index is 14.8. The molecule has 5 aromatic rings. The summed E-state index contributed by atoms with van der Waals surface area (Å²) in [5, 5.41) is 3.43. The lowest BCUT2D eigenvalue weighted by atomic mass is 9.90. The fraction of sp³-hybridized carbons (Fsp3) is 0.138. The highest BCUT2D eigenvalue weighted by Gasteiger charge is 2.16. The topological polar surface area (TPSA) is 86.0 Å². The first-order chi connectivity index (χ1) is 17.5. The van der Waals surface area contributed by atoms with E-state index in [0.717, 1.165) is 44.6 Å². The molecule has 7 heteroatoms. The van der Waals surface area contributed by atoms with Crippen molar-refractivity contribution in [3.05, 3.63) is 95.7 Å². The third-order valence-electron chi connectivity index (χ3n) is 6.49. The zero-order valence-electron chi connectivity index (χ0n) is 20.3. The molecule has 6 nitrogen and oxygen atoms in total. The molecule has 36 heavy (non-hydrogen) atoms. The van der Waals surface area contributed by atoms with Crippen LogP contribution in [0.15, 0.2) is 73.2 Å². The lowest BCUT2D eigenvalue weighted by Gasteiger charge is -2.18. The summed E-state index contributed by atoms with van der Waals surface area (Å²) in [5.74, 6) is 0.726. The molecule has 0 aliphatic carbocycles. The number of benzene rings is 3. The average Bonchev–Trinajstić information content (AvgIpc) is 2.90. The van der Waals surface area contributed by atoms with Gasteiger partial charge in [-0.1, -0.05) is 30.3 Å². The summed E-state index contributed by atoms with van der Waals surface area (Å²) in [4.78, 5) is 13.3. The molecule has 2 heterocycles. The van der Waals surface area contributed by atoms with E-state index in [2.05, 4.69) is 39.3 Å². The largest absolute Gasteiger partial charge is 0.496 e. The van der Waals surface area contributed by atoms with Crippen LogP contribution in [0.4, 0.5) is 15.9 Å². The zero-order valence-corrected chi connectivity index (χ0v) is 20.3. The molecule has 0 saturated carbocycles. The van der Waals surface area contributed by atoms with Crippen molar-refractivity contribution in [1.82, 2.24) is 15.0 Å². The highest BCUT2D eigenvalue weighted by Crippen LogP contribution is 2.38. The van der Waals surface area contributed by atoms with E-state index in [4.69, 9.17) is 10.5 Å². The summed E-state index contributed by atoms with van der Waals surface area (Å²) in [5.41, 5.74) is 14.4. The van der Waals surface area contributed by atoms with Crippen LogP contribution in [0.3, 0.4) is 0 Å². The van der Waals surface area contributed by atoms with Crippen molar-refractivity contribution < 1.29 is 9.13 Å².